The number of carbonyl (C=O) groups excluding carboxylic acids is 2. The van der Waals surface area contributed by atoms with Crippen LogP contribution < -0.4 is 4.74 Å². The van der Waals surface area contributed by atoms with Gasteiger partial charge in [0, 0.05) is 37.3 Å². The Bertz CT molecular complexity index is 1030. The Labute approximate surface area is 189 Å². The van der Waals surface area contributed by atoms with Crippen molar-refractivity contribution < 1.29 is 23.8 Å². The molecule has 170 valence electrons. The SMILES string of the molecule is COCCN1C(=O)CC(c2cc(C)ccc2C)C(C(=O)OCc2ccccc2OC)=C1C. The highest BCUT2D eigenvalue weighted by Gasteiger charge is 2.37. The number of allylic oxidation sites excluding steroid dienone is 1. The molecule has 0 fully saturated rings. The van der Waals surface area contributed by atoms with E-state index in [9.17, 15) is 9.59 Å². The molecule has 1 aliphatic rings. The molecule has 2 aromatic carbocycles. The molecule has 1 unspecified atom stereocenters. The van der Waals surface area contributed by atoms with Gasteiger partial charge in [0.15, 0.2) is 0 Å². The lowest BCUT2D eigenvalue weighted by atomic mass is 9.81. The Kier molecular flexibility index (Phi) is 7.70. The number of rotatable bonds is 8. The van der Waals surface area contributed by atoms with Gasteiger partial charge in [0.1, 0.15) is 12.4 Å². The lowest BCUT2D eigenvalue weighted by Gasteiger charge is -2.35. The van der Waals surface area contributed by atoms with E-state index in [2.05, 4.69) is 6.07 Å². The number of hydrogen-bond acceptors (Lipinski definition) is 5. The van der Waals surface area contributed by atoms with E-state index >= 15 is 0 Å². The molecule has 6 nitrogen and oxygen atoms in total. The Morgan fingerprint density at radius 1 is 1.09 bits per heavy atom. The predicted molar refractivity (Wildman–Crippen MR) is 122 cm³/mol. The maximum atomic E-state index is 13.4. The fraction of sp³-hybridized carbons (Fsp3) is 0.385. The van der Waals surface area contributed by atoms with Crippen molar-refractivity contribution >= 4 is 11.9 Å². The number of carbonyl (C=O) groups is 2. The van der Waals surface area contributed by atoms with Crippen molar-refractivity contribution in [1.82, 2.24) is 4.90 Å². The van der Waals surface area contributed by atoms with Crippen LogP contribution in [0.4, 0.5) is 0 Å². The number of hydrogen-bond donors (Lipinski definition) is 0. The van der Waals surface area contributed by atoms with Crippen LogP contribution in [0.3, 0.4) is 0 Å². The third-order valence-corrected chi connectivity index (χ3v) is 5.92. The molecule has 2 aromatic rings. The highest BCUT2D eigenvalue weighted by molar-refractivity contribution is 5.96. The summed E-state index contributed by atoms with van der Waals surface area (Å²) < 4.78 is 16.3. The van der Waals surface area contributed by atoms with Gasteiger partial charge >= 0.3 is 5.97 Å². The molecule has 3 rings (SSSR count). The summed E-state index contributed by atoms with van der Waals surface area (Å²) >= 11 is 0. The van der Waals surface area contributed by atoms with Gasteiger partial charge in [0.2, 0.25) is 5.91 Å². The topological polar surface area (TPSA) is 65.1 Å². The predicted octanol–water partition coefficient (Wildman–Crippen LogP) is 4.29. The minimum absolute atomic E-state index is 0.0215. The first-order chi connectivity index (χ1) is 15.4. The number of aryl methyl sites for hydroxylation is 2. The number of methoxy groups -OCH3 is 2. The van der Waals surface area contributed by atoms with Crippen LogP contribution >= 0.6 is 0 Å². The molecule has 0 aliphatic carbocycles. The Morgan fingerprint density at radius 2 is 1.84 bits per heavy atom. The maximum absolute atomic E-state index is 13.4. The quantitative estimate of drug-likeness (QED) is 0.577. The van der Waals surface area contributed by atoms with Gasteiger partial charge in [-0.25, -0.2) is 4.79 Å². The molecule has 0 N–H and O–H groups in total. The normalized spacial score (nSPS) is 16.3. The molecule has 0 spiro atoms. The third kappa shape index (κ3) is 5.02. The largest absolute Gasteiger partial charge is 0.496 e. The second-order valence-corrected chi connectivity index (χ2v) is 8.04. The first-order valence-corrected chi connectivity index (χ1v) is 10.7. The van der Waals surface area contributed by atoms with E-state index in [1.165, 1.54) is 0 Å². The average Bonchev–Trinajstić information content (AvgIpc) is 2.78. The summed E-state index contributed by atoms with van der Waals surface area (Å²) in [5.41, 5.74) is 5.03. The van der Waals surface area contributed by atoms with E-state index in [4.69, 9.17) is 14.2 Å². The molecule has 0 radical (unpaired) electrons. The number of para-hydroxylation sites is 1. The lowest BCUT2D eigenvalue weighted by Crippen LogP contribution is -2.40. The zero-order valence-electron chi connectivity index (χ0n) is 19.4. The van der Waals surface area contributed by atoms with E-state index < -0.39 is 5.97 Å². The summed E-state index contributed by atoms with van der Waals surface area (Å²) in [6.07, 6.45) is 0.213. The standard InChI is InChI=1S/C26H31NO5/c1-17-10-11-18(2)21(14-17)22-15-24(28)27(12-13-30-4)19(3)25(22)26(29)32-16-20-8-6-7-9-23(20)31-5/h6-11,14,22H,12-13,15-16H2,1-5H3. The molecule has 1 aliphatic heterocycles. The first-order valence-electron chi connectivity index (χ1n) is 10.7. The van der Waals surface area contributed by atoms with Crippen LogP contribution in [0, 0.1) is 13.8 Å². The van der Waals surface area contributed by atoms with Crippen molar-refractivity contribution in [2.75, 3.05) is 27.4 Å². The van der Waals surface area contributed by atoms with Crippen LogP contribution in [-0.2, 0) is 25.7 Å². The second kappa shape index (κ2) is 10.5. The Morgan fingerprint density at radius 3 is 2.56 bits per heavy atom. The molecule has 6 heteroatoms. The van der Waals surface area contributed by atoms with Crippen LogP contribution in [0.2, 0.25) is 0 Å². The number of benzene rings is 2. The van der Waals surface area contributed by atoms with Gasteiger partial charge in [-0.05, 0) is 38.0 Å². The van der Waals surface area contributed by atoms with Crippen molar-refractivity contribution in [1.29, 1.82) is 0 Å². The first kappa shape index (κ1) is 23.5. The molecule has 1 atom stereocenters. The summed E-state index contributed by atoms with van der Waals surface area (Å²) in [5, 5.41) is 0. The van der Waals surface area contributed by atoms with Gasteiger partial charge in [-0.15, -0.1) is 0 Å². The number of nitrogens with zero attached hydrogens (tertiary/aromatic N) is 1. The van der Waals surface area contributed by atoms with Crippen molar-refractivity contribution in [3.05, 3.63) is 76.0 Å². The molecule has 32 heavy (non-hydrogen) atoms. The number of ether oxygens (including phenoxy) is 3. The molecule has 0 saturated heterocycles. The van der Waals surface area contributed by atoms with Gasteiger partial charge in [0.05, 0.1) is 19.3 Å². The Hall–Kier alpha value is -3.12. The van der Waals surface area contributed by atoms with E-state index in [0.717, 1.165) is 22.3 Å². The zero-order valence-corrected chi connectivity index (χ0v) is 19.4. The zero-order chi connectivity index (χ0) is 23.3. The van der Waals surface area contributed by atoms with Crippen molar-refractivity contribution in [3.8, 4) is 5.75 Å². The summed E-state index contributed by atoms with van der Waals surface area (Å²) in [6.45, 7) is 6.69. The molecular weight excluding hydrogens is 406 g/mol. The molecular formula is C26H31NO5. The van der Waals surface area contributed by atoms with Gasteiger partial charge in [-0.3, -0.25) is 4.79 Å². The van der Waals surface area contributed by atoms with Gasteiger partial charge in [0.25, 0.3) is 0 Å². The van der Waals surface area contributed by atoms with Crippen LogP contribution in [0.15, 0.2) is 53.7 Å². The highest BCUT2D eigenvalue weighted by Crippen LogP contribution is 2.39. The second-order valence-electron chi connectivity index (χ2n) is 8.04. The monoisotopic (exact) mass is 437 g/mol. The minimum Gasteiger partial charge on any atom is -0.496 e. The Balaban J connectivity index is 1.98. The smallest absolute Gasteiger partial charge is 0.336 e. The fourth-order valence-electron chi connectivity index (χ4n) is 4.18. The molecule has 0 saturated carbocycles. The molecule has 1 heterocycles. The highest BCUT2D eigenvalue weighted by atomic mass is 16.5. The van der Waals surface area contributed by atoms with E-state index in [1.807, 2.05) is 57.2 Å². The summed E-state index contributed by atoms with van der Waals surface area (Å²) in [5.74, 6) is -0.134. The minimum atomic E-state index is -0.422. The number of amides is 1. The van der Waals surface area contributed by atoms with Crippen LogP contribution in [0.1, 0.15) is 41.5 Å². The van der Waals surface area contributed by atoms with Crippen molar-refractivity contribution in [2.45, 2.75) is 39.7 Å². The third-order valence-electron chi connectivity index (χ3n) is 5.92. The van der Waals surface area contributed by atoms with Gasteiger partial charge in [-0.1, -0.05) is 42.0 Å². The van der Waals surface area contributed by atoms with E-state index in [1.54, 1.807) is 19.1 Å². The fourth-order valence-corrected chi connectivity index (χ4v) is 4.18. The van der Waals surface area contributed by atoms with Crippen LogP contribution in [0.5, 0.6) is 5.75 Å². The van der Waals surface area contributed by atoms with Crippen LogP contribution in [-0.4, -0.2) is 44.1 Å². The lowest BCUT2D eigenvalue weighted by molar-refractivity contribution is -0.141. The van der Waals surface area contributed by atoms with Crippen molar-refractivity contribution in [2.24, 2.45) is 0 Å². The summed E-state index contributed by atoms with van der Waals surface area (Å²) in [4.78, 5) is 28.0. The maximum Gasteiger partial charge on any atom is 0.336 e. The molecule has 1 amide bonds. The molecule has 0 aromatic heterocycles. The van der Waals surface area contributed by atoms with E-state index in [-0.39, 0.29) is 24.9 Å². The van der Waals surface area contributed by atoms with Crippen LogP contribution in [0.25, 0.3) is 0 Å². The summed E-state index contributed by atoms with van der Waals surface area (Å²) in [6, 6.07) is 13.6. The van der Waals surface area contributed by atoms with Crippen molar-refractivity contribution in [3.63, 3.8) is 0 Å². The number of esters is 1. The van der Waals surface area contributed by atoms with E-state index in [0.29, 0.717) is 30.2 Å². The van der Waals surface area contributed by atoms with Gasteiger partial charge in [-0.2, -0.15) is 0 Å². The molecule has 0 bridgehead atoms. The summed E-state index contributed by atoms with van der Waals surface area (Å²) in [7, 11) is 3.18. The van der Waals surface area contributed by atoms with Gasteiger partial charge < -0.3 is 19.1 Å². The average molecular weight is 438 g/mol.